The Morgan fingerprint density at radius 1 is 1.08 bits per heavy atom. The number of nitrogens with one attached hydrogen (secondary N) is 1. The summed E-state index contributed by atoms with van der Waals surface area (Å²) < 4.78 is 16.7. The van der Waals surface area contributed by atoms with Gasteiger partial charge in [0.2, 0.25) is 5.91 Å². The summed E-state index contributed by atoms with van der Waals surface area (Å²) in [5.41, 5.74) is 1.82. The molecule has 2 aromatic rings. The van der Waals surface area contributed by atoms with E-state index >= 15 is 0 Å². The number of hydrogen-bond acceptors (Lipinski definition) is 4. The zero-order valence-corrected chi connectivity index (χ0v) is 14.6. The van der Waals surface area contributed by atoms with Crippen LogP contribution in [0.5, 0.6) is 17.2 Å². The van der Waals surface area contributed by atoms with Crippen LogP contribution >= 0.6 is 0 Å². The number of benzene rings is 2. The number of carbonyl (C=O) groups is 1. The van der Waals surface area contributed by atoms with Crippen LogP contribution in [0.15, 0.2) is 42.5 Å². The van der Waals surface area contributed by atoms with Gasteiger partial charge in [0.15, 0.2) is 11.5 Å². The quantitative estimate of drug-likeness (QED) is 0.868. The predicted molar refractivity (Wildman–Crippen MR) is 96.6 cm³/mol. The van der Waals surface area contributed by atoms with Crippen LogP contribution in [0.1, 0.15) is 25.8 Å². The summed E-state index contributed by atoms with van der Waals surface area (Å²) in [6, 6.07) is 13.2. The van der Waals surface area contributed by atoms with Gasteiger partial charge in [0.25, 0.3) is 0 Å². The minimum absolute atomic E-state index is 0.0209. The van der Waals surface area contributed by atoms with Gasteiger partial charge in [-0.2, -0.15) is 0 Å². The standard InChI is InChI=1S/C20H23NO4/c1-14(2)25-17-7-5-16(6-8-17)21-20(22)10-4-15-3-9-18-19(13-15)24-12-11-23-18/h3,5-9,13-14H,4,10-12H2,1-2H3,(H,21,22). The molecule has 5 heteroatoms. The normalized spacial score (nSPS) is 12.8. The lowest BCUT2D eigenvalue weighted by molar-refractivity contribution is -0.116. The molecule has 0 aromatic heterocycles. The summed E-state index contributed by atoms with van der Waals surface area (Å²) in [5.74, 6) is 2.30. The van der Waals surface area contributed by atoms with Gasteiger partial charge in [0, 0.05) is 12.1 Å². The molecule has 1 amide bonds. The van der Waals surface area contributed by atoms with Crippen LogP contribution in [-0.4, -0.2) is 25.2 Å². The lowest BCUT2D eigenvalue weighted by atomic mass is 10.1. The molecule has 25 heavy (non-hydrogen) atoms. The molecule has 2 aromatic carbocycles. The zero-order valence-electron chi connectivity index (χ0n) is 14.6. The van der Waals surface area contributed by atoms with E-state index in [2.05, 4.69) is 5.32 Å². The van der Waals surface area contributed by atoms with E-state index in [1.165, 1.54) is 0 Å². The van der Waals surface area contributed by atoms with Gasteiger partial charge in [0.1, 0.15) is 19.0 Å². The van der Waals surface area contributed by atoms with Crippen molar-refractivity contribution in [2.75, 3.05) is 18.5 Å². The second kappa shape index (κ2) is 7.92. The molecule has 1 heterocycles. The molecule has 0 bridgehead atoms. The van der Waals surface area contributed by atoms with Gasteiger partial charge in [-0.05, 0) is 62.2 Å². The van der Waals surface area contributed by atoms with Gasteiger partial charge >= 0.3 is 0 Å². The van der Waals surface area contributed by atoms with Crippen LogP contribution in [0.2, 0.25) is 0 Å². The maximum Gasteiger partial charge on any atom is 0.224 e. The summed E-state index contributed by atoms with van der Waals surface area (Å²) in [6.45, 7) is 5.10. The Balaban J connectivity index is 1.51. The highest BCUT2D eigenvalue weighted by molar-refractivity contribution is 5.90. The summed E-state index contributed by atoms with van der Waals surface area (Å²) in [5, 5.41) is 2.90. The van der Waals surface area contributed by atoms with E-state index in [0.717, 1.165) is 28.5 Å². The van der Waals surface area contributed by atoms with Crippen LogP contribution in [0, 0.1) is 0 Å². The summed E-state index contributed by atoms with van der Waals surface area (Å²) in [6.07, 6.45) is 1.19. The SMILES string of the molecule is CC(C)Oc1ccc(NC(=O)CCc2ccc3c(c2)OCCO3)cc1. The Hall–Kier alpha value is -2.69. The molecule has 1 N–H and O–H groups in total. The van der Waals surface area contributed by atoms with E-state index < -0.39 is 0 Å². The first-order chi connectivity index (χ1) is 12.1. The van der Waals surface area contributed by atoms with Gasteiger partial charge in [-0.3, -0.25) is 4.79 Å². The molecule has 5 nitrogen and oxygen atoms in total. The Bertz CT molecular complexity index is 725. The van der Waals surface area contributed by atoms with Gasteiger partial charge in [-0.15, -0.1) is 0 Å². The molecule has 1 aliphatic heterocycles. The molecule has 3 rings (SSSR count). The number of ether oxygens (including phenoxy) is 3. The van der Waals surface area contributed by atoms with E-state index in [1.807, 2.05) is 56.3 Å². The highest BCUT2D eigenvalue weighted by atomic mass is 16.6. The Kier molecular flexibility index (Phi) is 5.43. The van der Waals surface area contributed by atoms with Crippen molar-refractivity contribution in [2.24, 2.45) is 0 Å². The molecular weight excluding hydrogens is 318 g/mol. The molecule has 0 radical (unpaired) electrons. The number of amides is 1. The van der Waals surface area contributed by atoms with E-state index in [4.69, 9.17) is 14.2 Å². The number of fused-ring (bicyclic) bond motifs is 1. The van der Waals surface area contributed by atoms with E-state index in [9.17, 15) is 4.79 Å². The maximum atomic E-state index is 12.1. The number of carbonyl (C=O) groups excluding carboxylic acids is 1. The van der Waals surface area contributed by atoms with E-state index in [-0.39, 0.29) is 12.0 Å². The summed E-state index contributed by atoms with van der Waals surface area (Å²) in [4.78, 5) is 12.1. The van der Waals surface area contributed by atoms with Crippen LogP contribution < -0.4 is 19.5 Å². The number of aryl methyl sites for hydroxylation is 1. The van der Waals surface area contributed by atoms with Crippen LogP contribution in [0.25, 0.3) is 0 Å². The average molecular weight is 341 g/mol. The molecule has 0 spiro atoms. The minimum atomic E-state index is -0.0209. The second-order valence-corrected chi connectivity index (χ2v) is 6.22. The largest absolute Gasteiger partial charge is 0.491 e. The molecule has 0 fully saturated rings. The Morgan fingerprint density at radius 3 is 2.52 bits per heavy atom. The first-order valence-corrected chi connectivity index (χ1v) is 8.55. The lowest BCUT2D eigenvalue weighted by Crippen LogP contribution is -2.15. The van der Waals surface area contributed by atoms with Crippen molar-refractivity contribution in [3.8, 4) is 17.2 Å². The predicted octanol–water partition coefficient (Wildman–Crippen LogP) is 3.82. The second-order valence-electron chi connectivity index (χ2n) is 6.22. The zero-order chi connectivity index (χ0) is 17.6. The number of rotatable bonds is 6. The fourth-order valence-electron chi connectivity index (χ4n) is 2.61. The third kappa shape index (κ3) is 4.89. The Labute approximate surface area is 147 Å². The summed E-state index contributed by atoms with van der Waals surface area (Å²) >= 11 is 0. The van der Waals surface area contributed by atoms with Crippen molar-refractivity contribution in [3.05, 3.63) is 48.0 Å². The van der Waals surface area contributed by atoms with Crippen molar-refractivity contribution in [1.82, 2.24) is 0 Å². The van der Waals surface area contributed by atoms with Crippen molar-refractivity contribution >= 4 is 11.6 Å². The highest BCUT2D eigenvalue weighted by Gasteiger charge is 2.12. The van der Waals surface area contributed by atoms with Crippen molar-refractivity contribution in [3.63, 3.8) is 0 Å². The summed E-state index contributed by atoms with van der Waals surface area (Å²) in [7, 11) is 0. The van der Waals surface area contributed by atoms with E-state index in [0.29, 0.717) is 26.1 Å². The Morgan fingerprint density at radius 2 is 1.80 bits per heavy atom. The highest BCUT2D eigenvalue weighted by Crippen LogP contribution is 2.31. The number of hydrogen-bond donors (Lipinski definition) is 1. The average Bonchev–Trinajstić information content (AvgIpc) is 2.61. The minimum Gasteiger partial charge on any atom is -0.491 e. The monoisotopic (exact) mass is 341 g/mol. The van der Waals surface area contributed by atoms with Crippen molar-refractivity contribution in [2.45, 2.75) is 32.8 Å². The molecule has 0 saturated carbocycles. The first-order valence-electron chi connectivity index (χ1n) is 8.55. The third-order valence-electron chi connectivity index (χ3n) is 3.76. The van der Waals surface area contributed by atoms with Crippen LogP contribution in [0.4, 0.5) is 5.69 Å². The van der Waals surface area contributed by atoms with Crippen LogP contribution in [-0.2, 0) is 11.2 Å². The number of anilines is 1. The van der Waals surface area contributed by atoms with Gasteiger partial charge < -0.3 is 19.5 Å². The molecule has 1 aliphatic rings. The lowest BCUT2D eigenvalue weighted by Gasteiger charge is -2.18. The molecule has 0 unspecified atom stereocenters. The van der Waals surface area contributed by atoms with Gasteiger partial charge in [-0.25, -0.2) is 0 Å². The maximum absolute atomic E-state index is 12.1. The molecular formula is C20H23NO4. The van der Waals surface area contributed by atoms with Gasteiger partial charge in [0.05, 0.1) is 6.10 Å². The fourth-order valence-corrected chi connectivity index (χ4v) is 2.61. The molecule has 0 atom stereocenters. The smallest absolute Gasteiger partial charge is 0.224 e. The van der Waals surface area contributed by atoms with Crippen molar-refractivity contribution in [1.29, 1.82) is 0 Å². The fraction of sp³-hybridized carbons (Fsp3) is 0.350. The first kappa shape index (κ1) is 17.1. The van der Waals surface area contributed by atoms with Gasteiger partial charge in [-0.1, -0.05) is 6.07 Å². The van der Waals surface area contributed by atoms with Crippen LogP contribution in [0.3, 0.4) is 0 Å². The van der Waals surface area contributed by atoms with E-state index in [1.54, 1.807) is 0 Å². The molecule has 132 valence electrons. The molecule has 0 aliphatic carbocycles. The third-order valence-corrected chi connectivity index (χ3v) is 3.76. The topological polar surface area (TPSA) is 56.8 Å². The van der Waals surface area contributed by atoms with Crippen molar-refractivity contribution < 1.29 is 19.0 Å². The molecule has 0 saturated heterocycles.